The summed E-state index contributed by atoms with van der Waals surface area (Å²) >= 11 is 0. The minimum absolute atomic E-state index is 0.0376. The van der Waals surface area contributed by atoms with Gasteiger partial charge >= 0.3 is 5.97 Å². The van der Waals surface area contributed by atoms with E-state index >= 15 is 0 Å². The molecule has 0 radical (unpaired) electrons. The fourth-order valence-corrected chi connectivity index (χ4v) is 4.58. The third-order valence-corrected chi connectivity index (χ3v) is 6.43. The molecule has 0 aliphatic carbocycles. The molecule has 0 unspecified atom stereocenters. The summed E-state index contributed by atoms with van der Waals surface area (Å²) in [6.07, 6.45) is 4.78. The summed E-state index contributed by atoms with van der Waals surface area (Å²) in [5.74, 6) is -0.912. The summed E-state index contributed by atoms with van der Waals surface area (Å²) in [6.45, 7) is 7.88. The second kappa shape index (κ2) is 11.2. The van der Waals surface area contributed by atoms with Gasteiger partial charge in [0.1, 0.15) is 5.71 Å². The largest absolute Gasteiger partial charge is 0.341 e. The number of aryl methyl sites for hydroxylation is 2. The van der Waals surface area contributed by atoms with Crippen LogP contribution < -0.4 is 0 Å². The molecule has 0 bridgehead atoms. The van der Waals surface area contributed by atoms with Gasteiger partial charge in [0.25, 0.3) is 0 Å². The summed E-state index contributed by atoms with van der Waals surface area (Å²) in [5.41, 5.74) is 4.79. The Morgan fingerprint density at radius 2 is 1.59 bits per heavy atom. The fraction of sp³-hybridized carbons (Fsp3) is 0.226. The van der Waals surface area contributed by atoms with Crippen LogP contribution in [0.3, 0.4) is 0 Å². The highest BCUT2D eigenvalue weighted by molar-refractivity contribution is 6.46. The summed E-state index contributed by atoms with van der Waals surface area (Å²) in [7, 11) is 0. The summed E-state index contributed by atoms with van der Waals surface area (Å²) in [5, 5.41) is 5.63. The molecule has 0 aliphatic rings. The van der Waals surface area contributed by atoms with Crippen LogP contribution in [0.4, 0.5) is 0 Å². The van der Waals surface area contributed by atoms with Gasteiger partial charge in [0.05, 0.1) is 0 Å². The molecule has 6 heteroatoms. The molecule has 1 heterocycles. The maximum Gasteiger partial charge on any atom is 0.331 e. The number of hydrogen-bond acceptors (Lipinski definition) is 5. The van der Waals surface area contributed by atoms with Gasteiger partial charge in [-0.25, -0.2) is 4.79 Å². The Hall–Kier alpha value is -4.32. The molecule has 37 heavy (non-hydrogen) atoms. The van der Waals surface area contributed by atoms with Crippen LogP contribution in [-0.4, -0.2) is 27.8 Å². The van der Waals surface area contributed by atoms with Gasteiger partial charge in [-0.2, -0.15) is 0 Å². The highest BCUT2D eigenvalue weighted by atomic mass is 16.7. The zero-order valence-electron chi connectivity index (χ0n) is 21.6. The van der Waals surface area contributed by atoms with E-state index in [9.17, 15) is 14.4 Å². The second-order valence-electron chi connectivity index (χ2n) is 8.91. The van der Waals surface area contributed by atoms with E-state index in [1.165, 1.54) is 6.92 Å². The maximum atomic E-state index is 13.4. The van der Waals surface area contributed by atoms with Crippen LogP contribution in [-0.2, 0) is 16.2 Å². The number of carbonyl (C=O) groups excluding carboxylic acids is 3. The van der Waals surface area contributed by atoms with Crippen molar-refractivity contribution in [2.75, 3.05) is 0 Å². The van der Waals surface area contributed by atoms with Gasteiger partial charge < -0.3 is 9.40 Å². The average Bonchev–Trinajstić information content (AvgIpc) is 3.22. The molecule has 0 N–H and O–H groups in total. The van der Waals surface area contributed by atoms with E-state index in [-0.39, 0.29) is 17.3 Å². The van der Waals surface area contributed by atoms with E-state index in [0.717, 1.165) is 33.9 Å². The molecule has 0 saturated heterocycles. The van der Waals surface area contributed by atoms with Gasteiger partial charge in [-0.15, -0.1) is 0 Å². The second-order valence-corrected chi connectivity index (χ2v) is 8.91. The molecule has 1 aromatic heterocycles. The molecule has 188 valence electrons. The normalized spacial score (nSPS) is 11.9. The highest BCUT2D eigenvalue weighted by Crippen LogP contribution is 2.32. The first kappa shape index (κ1) is 25.8. The third kappa shape index (κ3) is 5.28. The topological polar surface area (TPSA) is 77.7 Å². The number of Topliss-reactive ketones (excluding diaryl/α,β-unsaturated/α-hetero) is 1. The Morgan fingerprint density at radius 1 is 0.946 bits per heavy atom. The number of ketones is 2. The van der Waals surface area contributed by atoms with Crippen molar-refractivity contribution in [2.45, 2.75) is 47.1 Å². The lowest BCUT2D eigenvalue weighted by Gasteiger charge is -2.06. The first-order valence-electron chi connectivity index (χ1n) is 12.4. The van der Waals surface area contributed by atoms with E-state index in [1.807, 2.05) is 80.6 Å². The Labute approximate surface area is 216 Å². The zero-order valence-corrected chi connectivity index (χ0v) is 21.6. The van der Waals surface area contributed by atoms with Crippen molar-refractivity contribution in [3.63, 3.8) is 0 Å². The van der Waals surface area contributed by atoms with E-state index in [1.54, 1.807) is 6.07 Å². The Morgan fingerprint density at radius 3 is 2.22 bits per heavy atom. The summed E-state index contributed by atoms with van der Waals surface area (Å²) in [6, 6.07) is 18.8. The molecule has 3 aromatic carbocycles. The van der Waals surface area contributed by atoms with Gasteiger partial charge in [-0.05, 0) is 69.2 Å². The predicted molar refractivity (Wildman–Crippen MR) is 147 cm³/mol. The molecule has 4 rings (SSSR count). The van der Waals surface area contributed by atoms with Gasteiger partial charge in [0, 0.05) is 58.4 Å². The van der Waals surface area contributed by atoms with Crippen LogP contribution in [0.5, 0.6) is 0 Å². The fourth-order valence-electron chi connectivity index (χ4n) is 4.58. The van der Waals surface area contributed by atoms with Crippen molar-refractivity contribution >= 4 is 45.1 Å². The lowest BCUT2D eigenvalue weighted by molar-refractivity contribution is -0.140. The first-order chi connectivity index (χ1) is 17.8. The van der Waals surface area contributed by atoms with Crippen molar-refractivity contribution in [3.05, 3.63) is 95.1 Å². The number of carbonyl (C=O) groups is 3. The summed E-state index contributed by atoms with van der Waals surface area (Å²) in [4.78, 5) is 42.8. The Bertz CT molecular complexity index is 1570. The number of aromatic nitrogens is 1. The number of nitrogens with zero attached hydrogens (tertiary/aromatic N) is 2. The zero-order chi connectivity index (χ0) is 26.5. The number of hydrogen-bond donors (Lipinski definition) is 0. The first-order valence-corrected chi connectivity index (χ1v) is 12.4. The SMILES string of the molecule is CC=CCCC(=NOC(C)=O)C(=O)c1ccc2c(c1)c1cc(C(=O)c3ccccc3C)ccc1n2CC. The molecule has 0 aliphatic heterocycles. The van der Waals surface area contributed by atoms with Crippen molar-refractivity contribution < 1.29 is 19.2 Å². The van der Waals surface area contributed by atoms with Crippen LogP contribution in [0.2, 0.25) is 0 Å². The molecule has 0 saturated carbocycles. The van der Waals surface area contributed by atoms with Gasteiger partial charge in [-0.1, -0.05) is 41.6 Å². The van der Waals surface area contributed by atoms with E-state index in [2.05, 4.69) is 16.6 Å². The summed E-state index contributed by atoms with van der Waals surface area (Å²) < 4.78 is 2.17. The monoisotopic (exact) mass is 494 g/mol. The van der Waals surface area contributed by atoms with E-state index in [4.69, 9.17) is 4.84 Å². The molecular formula is C31H30N2O4. The molecule has 6 nitrogen and oxygen atoms in total. The smallest absolute Gasteiger partial charge is 0.331 e. The number of rotatable bonds is 9. The van der Waals surface area contributed by atoms with Gasteiger partial charge in [-0.3, -0.25) is 9.59 Å². The third-order valence-electron chi connectivity index (χ3n) is 6.43. The molecule has 4 aromatic rings. The number of fused-ring (bicyclic) bond motifs is 3. The van der Waals surface area contributed by atoms with E-state index in [0.29, 0.717) is 29.5 Å². The molecule has 0 amide bonds. The van der Waals surface area contributed by atoms with Crippen LogP contribution in [0.15, 0.2) is 78.0 Å². The lowest BCUT2D eigenvalue weighted by Crippen LogP contribution is -2.15. The number of benzene rings is 3. The minimum atomic E-state index is -0.580. The van der Waals surface area contributed by atoms with Crippen molar-refractivity contribution in [1.82, 2.24) is 4.57 Å². The van der Waals surface area contributed by atoms with Crippen LogP contribution in [0, 0.1) is 6.92 Å². The standard InChI is InChI=1S/C31H30N2O4/c1-5-7-8-13-27(32-37-21(4)34)31(36)23-15-17-29-26(19-23)25-18-22(14-16-28(25)33(29)6-2)30(35)24-12-10-9-11-20(24)3/h5,7,9-12,14-19H,6,8,13H2,1-4H3. The van der Waals surface area contributed by atoms with Crippen LogP contribution in [0.25, 0.3) is 21.8 Å². The van der Waals surface area contributed by atoms with Crippen molar-refractivity contribution in [3.8, 4) is 0 Å². The van der Waals surface area contributed by atoms with Crippen molar-refractivity contribution in [1.29, 1.82) is 0 Å². The quantitative estimate of drug-likeness (QED) is 0.0842. The number of allylic oxidation sites excluding steroid dienone is 2. The van der Waals surface area contributed by atoms with Gasteiger partial charge in [0.2, 0.25) is 5.78 Å². The molecule has 0 fully saturated rings. The van der Waals surface area contributed by atoms with Crippen molar-refractivity contribution in [2.24, 2.45) is 5.16 Å². The molecular weight excluding hydrogens is 464 g/mol. The highest BCUT2D eigenvalue weighted by Gasteiger charge is 2.19. The molecule has 0 atom stereocenters. The average molecular weight is 495 g/mol. The Balaban J connectivity index is 1.82. The predicted octanol–water partition coefficient (Wildman–Crippen LogP) is 6.81. The van der Waals surface area contributed by atoms with Crippen LogP contribution >= 0.6 is 0 Å². The van der Waals surface area contributed by atoms with E-state index < -0.39 is 5.97 Å². The van der Waals surface area contributed by atoms with Gasteiger partial charge in [0.15, 0.2) is 5.78 Å². The lowest BCUT2D eigenvalue weighted by atomic mass is 9.97. The maximum absolute atomic E-state index is 13.4. The number of oxime groups is 1. The minimum Gasteiger partial charge on any atom is -0.341 e. The Kier molecular flexibility index (Phi) is 7.77. The molecule has 0 spiro atoms. The van der Waals surface area contributed by atoms with Crippen LogP contribution in [0.1, 0.15) is 65.5 Å².